The van der Waals surface area contributed by atoms with Crippen molar-refractivity contribution in [2.24, 2.45) is 5.41 Å². The molecule has 1 aliphatic heterocycles. The summed E-state index contributed by atoms with van der Waals surface area (Å²) in [6.07, 6.45) is 3.39. The fourth-order valence-electron chi connectivity index (χ4n) is 2.84. The molecule has 0 spiro atoms. The lowest BCUT2D eigenvalue weighted by Gasteiger charge is -2.42. The molecule has 0 saturated carbocycles. The minimum atomic E-state index is 0.124. The Hall–Kier alpha value is -0.120. The minimum Gasteiger partial charge on any atom is -0.396 e. The number of rotatable bonds is 7. The van der Waals surface area contributed by atoms with Crippen LogP contribution in [0.2, 0.25) is 0 Å². The molecule has 0 radical (unpaired) electrons. The molecule has 0 aromatic carbocycles. The first kappa shape index (κ1) is 15.9. The molecule has 0 bridgehead atoms. The standard InChI is InChI=1S/C15H32N2O/c1-5-14(4)17-10-8-16(9-11-17)12-15(6-2,7-3)13-18/h14,18H,5-13H2,1-4H3. The van der Waals surface area contributed by atoms with Gasteiger partial charge in [-0.1, -0.05) is 20.8 Å². The number of hydrogen-bond acceptors (Lipinski definition) is 3. The molecule has 3 nitrogen and oxygen atoms in total. The van der Waals surface area contributed by atoms with E-state index in [1.165, 1.54) is 19.5 Å². The van der Waals surface area contributed by atoms with E-state index in [0.29, 0.717) is 12.6 Å². The van der Waals surface area contributed by atoms with Crippen molar-refractivity contribution in [2.75, 3.05) is 39.3 Å². The highest BCUT2D eigenvalue weighted by molar-refractivity contribution is 4.83. The molecule has 1 saturated heterocycles. The SMILES string of the molecule is CCC(C)N1CCN(CC(CC)(CC)CO)CC1. The topological polar surface area (TPSA) is 26.7 Å². The van der Waals surface area contributed by atoms with Crippen molar-refractivity contribution in [1.82, 2.24) is 9.80 Å². The molecule has 1 atom stereocenters. The van der Waals surface area contributed by atoms with Gasteiger partial charge in [0.15, 0.2) is 0 Å². The van der Waals surface area contributed by atoms with Crippen molar-refractivity contribution in [3.8, 4) is 0 Å². The largest absolute Gasteiger partial charge is 0.396 e. The molecular formula is C15H32N2O. The Kier molecular flexibility index (Phi) is 6.61. The van der Waals surface area contributed by atoms with E-state index < -0.39 is 0 Å². The molecule has 0 amide bonds. The lowest BCUT2D eigenvalue weighted by atomic mass is 9.82. The maximum absolute atomic E-state index is 9.65. The van der Waals surface area contributed by atoms with Gasteiger partial charge in [-0.2, -0.15) is 0 Å². The van der Waals surface area contributed by atoms with Gasteiger partial charge in [0.05, 0.1) is 0 Å². The third kappa shape index (κ3) is 3.94. The first-order valence-electron chi connectivity index (χ1n) is 7.68. The summed E-state index contributed by atoms with van der Waals surface area (Å²) >= 11 is 0. The number of piperazine rings is 1. The van der Waals surface area contributed by atoms with E-state index in [9.17, 15) is 5.11 Å². The number of aliphatic hydroxyl groups is 1. The van der Waals surface area contributed by atoms with E-state index in [1.54, 1.807) is 0 Å². The van der Waals surface area contributed by atoms with Crippen LogP contribution in [0.1, 0.15) is 47.0 Å². The molecule has 0 aliphatic carbocycles. The third-order valence-corrected chi connectivity index (χ3v) is 5.02. The van der Waals surface area contributed by atoms with Gasteiger partial charge in [0, 0.05) is 50.8 Å². The summed E-state index contributed by atoms with van der Waals surface area (Å²) in [5.74, 6) is 0. The highest BCUT2D eigenvalue weighted by Crippen LogP contribution is 2.27. The first-order valence-corrected chi connectivity index (χ1v) is 7.68. The van der Waals surface area contributed by atoms with Crippen LogP contribution in [0.3, 0.4) is 0 Å². The van der Waals surface area contributed by atoms with Crippen molar-refractivity contribution in [3.05, 3.63) is 0 Å². The Morgan fingerprint density at radius 3 is 2.00 bits per heavy atom. The average molecular weight is 256 g/mol. The van der Waals surface area contributed by atoms with E-state index in [1.807, 2.05) is 0 Å². The van der Waals surface area contributed by atoms with Gasteiger partial charge in [0.1, 0.15) is 0 Å². The van der Waals surface area contributed by atoms with Crippen LogP contribution in [0.5, 0.6) is 0 Å². The molecule has 18 heavy (non-hydrogen) atoms. The van der Waals surface area contributed by atoms with E-state index >= 15 is 0 Å². The van der Waals surface area contributed by atoms with Crippen LogP contribution in [0.15, 0.2) is 0 Å². The van der Waals surface area contributed by atoms with Crippen molar-refractivity contribution >= 4 is 0 Å². The fraction of sp³-hybridized carbons (Fsp3) is 1.00. The molecule has 1 N–H and O–H groups in total. The molecule has 108 valence electrons. The lowest BCUT2D eigenvalue weighted by Crippen LogP contribution is -2.52. The highest BCUT2D eigenvalue weighted by Gasteiger charge is 2.30. The summed E-state index contributed by atoms with van der Waals surface area (Å²) in [6, 6.07) is 0.715. The second kappa shape index (κ2) is 7.46. The minimum absolute atomic E-state index is 0.124. The number of nitrogens with zero attached hydrogens (tertiary/aromatic N) is 2. The van der Waals surface area contributed by atoms with Crippen molar-refractivity contribution in [2.45, 2.75) is 53.0 Å². The second-order valence-electron chi connectivity index (χ2n) is 5.93. The molecule has 1 fully saturated rings. The summed E-state index contributed by atoms with van der Waals surface area (Å²) in [5, 5.41) is 9.65. The van der Waals surface area contributed by atoms with Gasteiger partial charge in [0.25, 0.3) is 0 Å². The molecule has 0 aromatic rings. The summed E-state index contributed by atoms with van der Waals surface area (Å²) in [7, 11) is 0. The maximum atomic E-state index is 9.65. The highest BCUT2D eigenvalue weighted by atomic mass is 16.3. The van der Waals surface area contributed by atoms with Crippen LogP contribution in [-0.2, 0) is 0 Å². The number of aliphatic hydroxyl groups excluding tert-OH is 1. The quantitative estimate of drug-likeness (QED) is 0.756. The lowest BCUT2D eigenvalue weighted by molar-refractivity contribution is 0.0320. The average Bonchev–Trinajstić information content (AvgIpc) is 2.45. The Morgan fingerprint density at radius 1 is 1.06 bits per heavy atom. The first-order chi connectivity index (χ1) is 8.60. The molecule has 1 heterocycles. The van der Waals surface area contributed by atoms with Crippen LogP contribution in [0.4, 0.5) is 0 Å². The van der Waals surface area contributed by atoms with E-state index in [-0.39, 0.29) is 5.41 Å². The van der Waals surface area contributed by atoms with Crippen LogP contribution < -0.4 is 0 Å². The molecule has 0 aromatic heterocycles. The predicted molar refractivity (Wildman–Crippen MR) is 77.9 cm³/mol. The van der Waals surface area contributed by atoms with Gasteiger partial charge in [-0.05, 0) is 26.2 Å². The van der Waals surface area contributed by atoms with Gasteiger partial charge in [-0.3, -0.25) is 4.90 Å². The summed E-state index contributed by atoms with van der Waals surface area (Å²) in [6.45, 7) is 15.1. The summed E-state index contributed by atoms with van der Waals surface area (Å²) < 4.78 is 0. The summed E-state index contributed by atoms with van der Waals surface area (Å²) in [4.78, 5) is 5.14. The van der Waals surface area contributed by atoms with E-state index in [2.05, 4.69) is 37.5 Å². The van der Waals surface area contributed by atoms with Crippen LogP contribution in [-0.4, -0.2) is 60.3 Å². The second-order valence-corrected chi connectivity index (χ2v) is 5.93. The van der Waals surface area contributed by atoms with Gasteiger partial charge >= 0.3 is 0 Å². The monoisotopic (exact) mass is 256 g/mol. The van der Waals surface area contributed by atoms with Crippen molar-refractivity contribution in [3.63, 3.8) is 0 Å². The van der Waals surface area contributed by atoms with Gasteiger partial charge in [-0.25, -0.2) is 0 Å². The smallest absolute Gasteiger partial charge is 0.0499 e. The van der Waals surface area contributed by atoms with E-state index in [0.717, 1.165) is 32.5 Å². The van der Waals surface area contributed by atoms with Crippen LogP contribution in [0.25, 0.3) is 0 Å². The predicted octanol–water partition coefficient (Wildman–Crippen LogP) is 2.20. The van der Waals surface area contributed by atoms with E-state index in [4.69, 9.17) is 0 Å². The normalized spacial score (nSPS) is 21.2. The summed E-state index contributed by atoms with van der Waals surface area (Å²) in [5.41, 5.74) is 0.124. The molecule has 1 aliphatic rings. The molecule has 3 heteroatoms. The Bertz CT molecular complexity index is 212. The number of hydrogen-bond donors (Lipinski definition) is 1. The Balaban J connectivity index is 2.43. The zero-order valence-corrected chi connectivity index (χ0v) is 12.8. The Morgan fingerprint density at radius 2 is 1.61 bits per heavy atom. The fourth-order valence-corrected chi connectivity index (χ4v) is 2.84. The van der Waals surface area contributed by atoms with Crippen molar-refractivity contribution < 1.29 is 5.11 Å². The van der Waals surface area contributed by atoms with Gasteiger partial charge < -0.3 is 10.0 Å². The molecular weight excluding hydrogens is 224 g/mol. The van der Waals surface area contributed by atoms with Crippen LogP contribution >= 0.6 is 0 Å². The zero-order valence-electron chi connectivity index (χ0n) is 12.8. The van der Waals surface area contributed by atoms with Gasteiger partial charge in [0.2, 0.25) is 0 Å². The maximum Gasteiger partial charge on any atom is 0.0499 e. The van der Waals surface area contributed by atoms with Crippen molar-refractivity contribution in [1.29, 1.82) is 0 Å². The molecule has 1 unspecified atom stereocenters. The molecule has 1 rings (SSSR count). The van der Waals surface area contributed by atoms with Crippen LogP contribution in [0, 0.1) is 5.41 Å². The Labute approximate surface area is 113 Å². The van der Waals surface area contributed by atoms with Gasteiger partial charge in [-0.15, -0.1) is 0 Å². The third-order valence-electron chi connectivity index (χ3n) is 5.02. The zero-order chi connectivity index (χ0) is 13.6.